The van der Waals surface area contributed by atoms with E-state index in [1.54, 1.807) is 31.2 Å². The van der Waals surface area contributed by atoms with Crippen LogP contribution in [-0.2, 0) is 14.8 Å². The smallest absolute Gasteiger partial charge is 0.265 e. The maximum absolute atomic E-state index is 12.6. The number of carbonyl (C=O) groups is 1. The van der Waals surface area contributed by atoms with Crippen LogP contribution in [0.1, 0.15) is 18.1 Å². The van der Waals surface area contributed by atoms with Crippen LogP contribution in [0, 0.1) is 13.8 Å². The van der Waals surface area contributed by atoms with E-state index < -0.39 is 16.1 Å². The van der Waals surface area contributed by atoms with E-state index in [2.05, 4.69) is 10.0 Å². The van der Waals surface area contributed by atoms with Crippen molar-refractivity contribution in [2.45, 2.75) is 31.8 Å². The predicted molar refractivity (Wildman–Crippen MR) is 125 cm³/mol. The molecule has 8 heteroatoms. The normalized spacial score (nSPS) is 12.0. The highest BCUT2D eigenvalue weighted by Gasteiger charge is 2.18. The lowest BCUT2D eigenvalue weighted by atomic mass is 10.1. The van der Waals surface area contributed by atoms with Gasteiger partial charge in [-0.3, -0.25) is 9.52 Å². The first-order chi connectivity index (χ1) is 15.2. The van der Waals surface area contributed by atoms with Crippen LogP contribution in [-0.4, -0.2) is 27.5 Å². The molecule has 32 heavy (non-hydrogen) atoms. The Balaban J connectivity index is 1.64. The zero-order valence-electron chi connectivity index (χ0n) is 18.4. The number of hydrogen-bond donors (Lipinski definition) is 2. The molecule has 0 heterocycles. The third-order valence-corrected chi connectivity index (χ3v) is 6.40. The second-order valence-electron chi connectivity index (χ2n) is 7.31. The van der Waals surface area contributed by atoms with E-state index in [0.717, 1.165) is 11.1 Å². The third-order valence-electron chi connectivity index (χ3n) is 5.00. The highest BCUT2D eigenvalue weighted by Crippen LogP contribution is 2.23. The van der Waals surface area contributed by atoms with Crippen LogP contribution in [0.15, 0.2) is 71.6 Å². The number of hydrogen-bond acceptors (Lipinski definition) is 5. The minimum absolute atomic E-state index is 0.0750. The van der Waals surface area contributed by atoms with Gasteiger partial charge in [0.25, 0.3) is 15.9 Å². The van der Waals surface area contributed by atoms with E-state index in [4.69, 9.17) is 9.47 Å². The molecule has 0 saturated heterocycles. The van der Waals surface area contributed by atoms with Gasteiger partial charge in [-0.2, -0.15) is 0 Å². The fraction of sp³-hybridized carbons (Fsp3) is 0.208. The second-order valence-corrected chi connectivity index (χ2v) is 8.99. The molecule has 1 amide bonds. The van der Waals surface area contributed by atoms with Crippen LogP contribution in [0.25, 0.3) is 0 Å². The molecule has 3 aromatic carbocycles. The Bertz CT molecular complexity index is 1190. The summed E-state index contributed by atoms with van der Waals surface area (Å²) < 4.78 is 38.6. The summed E-state index contributed by atoms with van der Waals surface area (Å²) in [5, 5.41) is 2.74. The molecule has 0 aliphatic heterocycles. The van der Waals surface area contributed by atoms with Crippen molar-refractivity contribution >= 4 is 27.3 Å². The number of sulfonamides is 1. The van der Waals surface area contributed by atoms with Crippen LogP contribution in [0.4, 0.5) is 11.4 Å². The topological polar surface area (TPSA) is 93.7 Å². The van der Waals surface area contributed by atoms with E-state index in [0.29, 0.717) is 22.9 Å². The van der Waals surface area contributed by atoms with Gasteiger partial charge in [0.05, 0.1) is 12.0 Å². The number of ether oxygens (including phenoxy) is 2. The maximum Gasteiger partial charge on any atom is 0.265 e. The van der Waals surface area contributed by atoms with Gasteiger partial charge in [0.1, 0.15) is 11.5 Å². The Morgan fingerprint density at radius 3 is 2.16 bits per heavy atom. The molecule has 1 atom stereocenters. The molecule has 0 radical (unpaired) electrons. The number of carbonyl (C=O) groups excluding carboxylic acids is 1. The van der Waals surface area contributed by atoms with Gasteiger partial charge in [0, 0.05) is 11.4 Å². The summed E-state index contributed by atoms with van der Waals surface area (Å²) in [6.45, 7) is 5.58. The molecule has 0 bridgehead atoms. The van der Waals surface area contributed by atoms with Gasteiger partial charge in [0.15, 0.2) is 6.10 Å². The quantitative estimate of drug-likeness (QED) is 0.522. The third kappa shape index (κ3) is 5.59. The van der Waals surface area contributed by atoms with Crippen molar-refractivity contribution in [2.24, 2.45) is 0 Å². The predicted octanol–water partition coefficient (Wildman–Crippen LogP) is 4.52. The minimum atomic E-state index is -3.77. The van der Waals surface area contributed by atoms with Crippen molar-refractivity contribution in [3.8, 4) is 11.5 Å². The van der Waals surface area contributed by atoms with Gasteiger partial charge >= 0.3 is 0 Å². The zero-order chi connectivity index (χ0) is 23.3. The Hall–Kier alpha value is -3.52. The lowest BCUT2D eigenvalue weighted by Crippen LogP contribution is -2.30. The number of benzene rings is 3. The van der Waals surface area contributed by atoms with Crippen LogP contribution < -0.4 is 19.5 Å². The van der Waals surface area contributed by atoms with Crippen LogP contribution >= 0.6 is 0 Å². The summed E-state index contributed by atoms with van der Waals surface area (Å²) in [7, 11) is -2.23. The average Bonchev–Trinajstić information content (AvgIpc) is 2.77. The molecule has 0 unspecified atom stereocenters. The van der Waals surface area contributed by atoms with E-state index in [1.807, 2.05) is 32.0 Å². The molecule has 0 aliphatic rings. The SMILES string of the molecule is COc1ccc(NS(=O)(=O)c2ccc(NC(=O)[C@@H](C)Oc3cccc(C)c3C)cc2)cc1. The van der Waals surface area contributed by atoms with Crippen LogP contribution in [0.2, 0.25) is 0 Å². The van der Waals surface area contributed by atoms with Crippen molar-refractivity contribution in [3.63, 3.8) is 0 Å². The van der Waals surface area contributed by atoms with Crippen molar-refractivity contribution in [2.75, 3.05) is 17.1 Å². The molecule has 0 saturated carbocycles. The molecule has 168 valence electrons. The van der Waals surface area contributed by atoms with Crippen molar-refractivity contribution in [1.29, 1.82) is 0 Å². The first-order valence-corrected chi connectivity index (χ1v) is 11.5. The van der Waals surface area contributed by atoms with Gasteiger partial charge < -0.3 is 14.8 Å². The summed E-state index contributed by atoms with van der Waals surface area (Å²) >= 11 is 0. The van der Waals surface area contributed by atoms with E-state index in [9.17, 15) is 13.2 Å². The van der Waals surface area contributed by atoms with E-state index >= 15 is 0 Å². The Kier molecular flexibility index (Phi) is 7.05. The molecular formula is C24H26N2O5S. The van der Waals surface area contributed by atoms with Crippen molar-refractivity contribution in [3.05, 3.63) is 77.9 Å². The summed E-state index contributed by atoms with van der Waals surface area (Å²) in [5.74, 6) is 0.945. The number of amides is 1. The molecular weight excluding hydrogens is 428 g/mol. The van der Waals surface area contributed by atoms with Crippen LogP contribution in [0.3, 0.4) is 0 Å². The molecule has 7 nitrogen and oxygen atoms in total. The Labute approximate surface area is 188 Å². The largest absolute Gasteiger partial charge is 0.497 e. The number of nitrogens with one attached hydrogen (secondary N) is 2. The number of anilines is 2. The van der Waals surface area contributed by atoms with E-state index in [-0.39, 0.29) is 10.8 Å². The lowest BCUT2D eigenvalue weighted by molar-refractivity contribution is -0.122. The van der Waals surface area contributed by atoms with Gasteiger partial charge in [-0.15, -0.1) is 0 Å². The fourth-order valence-corrected chi connectivity index (χ4v) is 3.99. The fourth-order valence-electron chi connectivity index (χ4n) is 2.93. The Morgan fingerprint density at radius 1 is 0.906 bits per heavy atom. The monoisotopic (exact) mass is 454 g/mol. The summed E-state index contributed by atoms with van der Waals surface area (Å²) in [6.07, 6.45) is -0.726. The zero-order valence-corrected chi connectivity index (χ0v) is 19.2. The molecule has 0 aliphatic carbocycles. The number of methoxy groups -OCH3 is 1. The average molecular weight is 455 g/mol. The lowest BCUT2D eigenvalue weighted by Gasteiger charge is -2.17. The second kappa shape index (κ2) is 9.74. The number of aryl methyl sites for hydroxylation is 1. The van der Waals surface area contributed by atoms with Gasteiger partial charge in [-0.05, 0) is 86.5 Å². The maximum atomic E-state index is 12.6. The molecule has 3 rings (SSSR count). The first kappa shape index (κ1) is 23.1. The molecule has 2 N–H and O–H groups in total. The standard InChI is InChI=1S/C24H26N2O5S/c1-16-6-5-7-23(17(16)2)31-18(3)24(27)25-19-10-14-22(15-11-19)32(28,29)26-20-8-12-21(30-4)13-9-20/h5-15,18,26H,1-4H3,(H,25,27)/t18-/m1/s1. The van der Waals surface area contributed by atoms with Gasteiger partial charge in [0.2, 0.25) is 0 Å². The minimum Gasteiger partial charge on any atom is -0.497 e. The highest BCUT2D eigenvalue weighted by molar-refractivity contribution is 7.92. The number of rotatable bonds is 8. The summed E-state index contributed by atoms with van der Waals surface area (Å²) in [4.78, 5) is 12.6. The molecule has 0 aromatic heterocycles. The van der Waals surface area contributed by atoms with Gasteiger partial charge in [-0.1, -0.05) is 12.1 Å². The Morgan fingerprint density at radius 2 is 1.53 bits per heavy atom. The molecule has 3 aromatic rings. The molecule has 0 fully saturated rings. The summed E-state index contributed by atoms with van der Waals surface area (Å²) in [6, 6.07) is 18.2. The van der Waals surface area contributed by atoms with Crippen molar-refractivity contribution < 1.29 is 22.7 Å². The highest BCUT2D eigenvalue weighted by atomic mass is 32.2. The first-order valence-electron chi connectivity index (χ1n) is 10.0. The summed E-state index contributed by atoms with van der Waals surface area (Å²) in [5.41, 5.74) is 2.94. The van der Waals surface area contributed by atoms with Crippen LogP contribution in [0.5, 0.6) is 11.5 Å². The molecule has 0 spiro atoms. The van der Waals surface area contributed by atoms with Gasteiger partial charge in [-0.25, -0.2) is 8.42 Å². The van der Waals surface area contributed by atoms with E-state index in [1.165, 1.54) is 31.4 Å². The van der Waals surface area contributed by atoms with Crippen molar-refractivity contribution in [1.82, 2.24) is 0 Å².